The first-order chi connectivity index (χ1) is 9.16. The highest BCUT2D eigenvalue weighted by Crippen LogP contribution is 2.36. The van der Waals surface area contributed by atoms with Crippen molar-refractivity contribution in [1.82, 2.24) is 10.6 Å². The van der Waals surface area contributed by atoms with Crippen molar-refractivity contribution >= 4 is 0 Å². The molecule has 1 heterocycles. The zero-order valence-electron chi connectivity index (χ0n) is 11.4. The summed E-state index contributed by atoms with van der Waals surface area (Å²) in [6.07, 6.45) is 0. The molecule has 2 atom stereocenters. The molecule has 0 aliphatic carbocycles. The maximum absolute atomic E-state index is 3.68. The van der Waals surface area contributed by atoms with Crippen molar-refractivity contribution in [3.8, 4) is 0 Å². The first kappa shape index (κ1) is 12.4. The first-order valence-electron chi connectivity index (χ1n) is 6.81. The van der Waals surface area contributed by atoms with E-state index in [9.17, 15) is 0 Å². The maximum Gasteiger partial charge on any atom is 0.0639 e. The van der Waals surface area contributed by atoms with Gasteiger partial charge in [0.05, 0.1) is 17.7 Å². The van der Waals surface area contributed by atoms with E-state index < -0.39 is 0 Å². The Bertz CT molecular complexity index is 484. The van der Waals surface area contributed by atoms with Crippen LogP contribution in [0.3, 0.4) is 0 Å². The van der Waals surface area contributed by atoms with Gasteiger partial charge in [-0.2, -0.15) is 0 Å². The molecule has 0 unspecified atom stereocenters. The fourth-order valence-corrected chi connectivity index (χ4v) is 2.86. The van der Waals surface area contributed by atoms with Crippen LogP contribution >= 0.6 is 0 Å². The topological polar surface area (TPSA) is 24.1 Å². The molecule has 1 aliphatic rings. The van der Waals surface area contributed by atoms with Crippen molar-refractivity contribution in [2.24, 2.45) is 0 Å². The van der Waals surface area contributed by atoms with Gasteiger partial charge in [-0.1, -0.05) is 60.7 Å². The summed E-state index contributed by atoms with van der Waals surface area (Å²) < 4.78 is 0. The van der Waals surface area contributed by atoms with Gasteiger partial charge in [-0.25, -0.2) is 0 Å². The lowest BCUT2D eigenvalue weighted by Crippen LogP contribution is -2.42. The quantitative estimate of drug-likeness (QED) is 0.856. The summed E-state index contributed by atoms with van der Waals surface area (Å²) in [6.45, 7) is 4.37. The summed E-state index contributed by atoms with van der Waals surface area (Å²) in [6, 6.07) is 21.9. The molecule has 0 amide bonds. The van der Waals surface area contributed by atoms with Crippen LogP contribution in [0.4, 0.5) is 0 Å². The van der Waals surface area contributed by atoms with Crippen LogP contribution in [0.5, 0.6) is 0 Å². The minimum absolute atomic E-state index is 0.0545. The highest BCUT2D eigenvalue weighted by molar-refractivity contribution is 5.30. The number of hydrogen-bond acceptors (Lipinski definition) is 2. The van der Waals surface area contributed by atoms with Gasteiger partial charge in [0, 0.05) is 0 Å². The molecule has 0 radical (unpaired) electrons. The molecule has 2 nitrogen and oxygen atoms in total. The zero-order valence-corrected chi connectivity index (χ0v) is 11.4. The Morgan fingerprint density at radius 3 is 1.42 bits per heavy atom. The van der Waals surface area contributed by atoms with Crippen LogP contribution in [0.2, 0.25) is 0 Å². The van der Waals surface area contributed by atoms with Gasteiger partial charge in [0.1, 0.15) is 0 Å². The fraction of sp³-hybridized carbons (Fsp3) is 0.294. The second-order valence-corrected chi connectivity index (χ2v) is 5.69. The Hall–Kier alpha value is -1.64. The van der Waals surface area contributed by atoms with Crippen LogP contribution in [-0.4, -0.2) is 5.66 Å². The Morgan fingerprint density at radius 2 is 1.05 bits per heavy atom. The number of nitrogens with one attached hydrogen (secondary N) is 2. The van der Waals surface area contributed by atoms with Gasteiger partial charge in [0.2, 0.25) is 0 Å². The van der Waals surface area contributed by atoms with Crippen LogP contribution in [0.1, 0.15) is 37.1 Å². The average molecular weight is 252 g/mol. The third-order valence-electron chi connectivity index (χ3n) is 3.68. The van der Waals surface area contributed by atoms with Gasteiger partial charge >= 0.3 is 0 Å². The highest BCUT2D eigenvalue weighted by atomic mass is 15.3. The van der Waals surface area contributed by atoms with Crippen molar-refractivity contribution in [1.29, 1.82) is 0 Å². The molecule has 1 aliphatic heterocycles. The molecular weight excluding hydrogens is 232 g/mol. The Labute approximate surface area is 114 Å². The van der Waals surface area contributed by atoms with E-state index in [0.29, 0.717) is 12.1 Å². The summed E-state index contributed by atoms with van der Waals surface area (Å²) in [5.74, 6) is 0. The van der Waals surface area contributed by atoms with Gasteiger partial charge in [-0.05, 0) is 25.0 Å². The van der Waals surface area contributed by atoms with Gasteiger partial charge in [0.15, 0.2) is 0 Å². The van der Waals surface area contributed by atoms with E-state index in [2.05, 4.69) is 85.1 Å². The third kappa shape index (κ3) is 2.55. The predicted molar refractivity (Wildman–Crippen MR) is 78.7 cm³/mol. The van der Waals surface area contributed by atoms with E-state index in [1.54, 1.807) is 0 Å². The predicted octanol–water partition coefficient (Wildman–Crippen LogP) is 3.40. The number of hydrogen-bond donors (Lipinski definition) is 2. The summed E-state index contributed by atoms with van der Waals surface area (Å²) in [7, 11) is 0. The van der Waals surface area contributed by atoms with E-state index in [0.717, 1.165) is 0 Å². The molecule has 19 heavy (non-hydrogen) atoms. The molecule has 2 N–H and O–H groups in total. The Morgan fingerprint density at radius 1 is 0.684 bits per heavy atom. The molecule has 0 spiro atoms. The standard InChI is InChI=1S/C17H20N2/c1-17(2)18-15(13-9-5-3-6-10-13)16(19-17)14-11-7-4-8-12-14/h3-12,15-16,18-19H,1-2H3/t15-,16-/m1/s1. The van der Waals surface area contributed by atoms with Crippen LogP contribution in [-0.2, 0) is 0 Å². The lowest BCUT2D eigenvalue weighted by atomic mass is 9.95. The molecule has 1 saturated heterocycles. The Kier molecular flexibility index (Phi) is 3.13. The Balaban J connectivity index is 1.97. The molecule has 3 rings (SSSR count). The number of rotatable bonds is 2. The molecule has 98 valence electrons. The SMILES string of the molecule is CC1(C)N[C@H](c2ccccc2)[C@@H](c2ccccc2)N1. The van der Waals surface area contributed by atoms with Crippen LogP contribution in [0.15, 0.2) is 60.7 Å². The van der Waals surface area contributed by atoms with Crippen molar-refractivity contribution in [3.05, 3.63) is 71.8 Å². The zero-order chi connectivity index (χ0) is 13.3. The molecule has 2 aromatic carbocycles. The van der Waals surface area contributed by atoms with E-state index in [1.807, 2.05) is 0 Å². The minimum atomic E-state index is -0.0545. The molecule has 0 bridgehead atoms. The van der Waals surface area contributed by atoms with Crippen LogP contribution in [0, 0.1) is 0 Å². The van der Waals surface area contributed by atoms with E-state index >= 15 is 0 Å². The van der Waals surface area contributed by atoms with Gasteiger partial charge in [-0.3, -0.25) is 10.6 Å². The molecule has 0 aromatic heterocycles. The monoisotopic (exact) mass is 252 g/mol. The van der Waals surface area contributed by atoms with E-state index in [-0.39, 0.29) is 5.66 Å². The van der Waals surface area contributed by atoms with Crippen molar-refractivity contribution in [2.45, 2.75) is 31.6 Å². The van der Waals surface area contributed by atoms with Crippen molar-refractivity contribution in [2.75, 3.05) is 0 Å². The molecule has 0 saturated carbocycles. The lowest BCUT2D eigenvalue weighted by molar-refractivity contribution is 0.389. The third-order valence-corrected chi connectivity index (χ3v) is 3.68. The maximum atomic E-state index is 3.68. The van der Waals surface area contributed by atoms with Gasteiger partial charge in [-0.15, -0.1) is 0 Å². The summed E-state index contributed by atoms with van der Waals surface area (Å²) >= 11 is 0. The second kappa shape index (κ2) is 4.80. The lowest BCUT2D eigenvalue weighted by Gasteiger charge is -2.19. The fourth-order valence-electron chi connectivity index (χ4n) is 2.86. The number of benzene rings is 2. The van der Waals surface area contributed by atoms with Crippen LogP contribution < -0.4 is 10.6 Å². The first-order valence-corrected chi connectivity index (χ1v) is 6.81. The molecular formula is C17H20N2. The van der Waals surface area contributed by atoms with Gasteiger partial charge in [0.25, 0.3) is 0 Å². The summed E-state index contributed by atoms with van der Waals surface area (Å²) in [4.78, 5) is 0. The van der Waals surface area contributed by atoms with Crippen LogP contribution in [0.25, 0.3) is 0 Å². The largest absolute Gasteiger partial charge is 0.291 e. The van der Waals surface area contributed by atoms with E-state index in [4.69, 9.17) is 0 Å². The smallest absolute Gasteiger partial charge is 0.0639 e. The molecule has 2 aromatic rings. The minimum Gasteiger partial charge on any atom is -0.291 e. The van der Waals surface area contributed by atoms with E-state index in [1.165, 1.54) is 11.1 Å². The van der Waals surface area contributed by atoms with Gasteiger partial charge < -0.3 is 0 Å². The highest BCUT2D eigenvalue weighted by Gasteiger charge is 2.39. The molecule has 1 fully saturated rings. The summed E-state index contributed by atoms with van der Waals surface area (Å²) in [5.41, 5.74) is 2.60. The molecule has 2 heteroatoms. The van der Waals surface area contributed by atoms with Crippen molar-refractivity contribution < 1.29 is 0 Å². The normalized spacial score (nSPS) is 25.4. The second-order valence-electron chi connectivity index (χ2n) is 5.69. The summed E-state index contributed by atoms with van der Waals surface area (Å²) in [5, 5.41) is 7.37. The van der Waals surface area contributed by atoms with Crippen molar-refractivity contribution in [3.63, 3.8) is 0 Å². The average Bonchev–Trinajstić information content (AvgIpc) is 2.77.